The Kier molecular flexibility index (Phi) is 6.16. The number of hydrogen-bond acceptors (Lipinski definition) is 6. The first kappa shape index (κ1) is 19.9. The lowest BCUT2D eigenvalue weighted by Gasteiger charge is -2.31. The number of piperazine rings is 1. The van der Waals surface area contributed by atoms with Crippen LogP contribution in [0.3, 0.4) is 0 Å². The maximum absolute atomic E-state index is 12.7. The third-order valence-corrected chi connectivity index (χ3v) is 5.67. The Morgan fingerprint density at radius 2 is 2.03 bits per heavy atom. The van der Waals surface area contributed by atoms with Gasteiger partial charge in [0.05, 0.1) is 13.7 Å². The number of likely N-dealkylation sites (N-methyl/N-ethyl adjacent to an activating group) is 1. The molecule has 1 saturated carbocycles. The number of benzene rings is 1. The number of carbonyl (C=O) groups is 1. The van der Waals surface area contributed by atoms with Crippen molar-refractivity contribution in [1.82, 2.24) is 19.7 Å². The van der Waals surface area contributed by atoms with Gasteiger partial charge in [-0.3, -0.25) is 9.69 Å². The van der Waals surface area contributed by atoms with E-state index in [0.717, 1.165) is 50.9 Å². The lowest BCUT2D eigenvalue weighted by molar-refractivity contribution is 0.0658. The Labute approximate surface area is 172 Å². The molecule has 0 unspecified atom stereocenters. The average molecular weight is 399 g/mol. The summed E-state index contributed by atoms with van der Waals surface area (Å²) in [5, 5.41) is 0. The maximum Gasteiger partial charge on any atom is 0.275 e. The summed E-state index contributed by atoms with van der Waals surface area (Å²) in [6.07, 6.45) is 4.08. The van der Waals surface area contributed by atoms with Crippen LogP contribution in [0.25, 0.3) is 0 Å². The average Bonchev–Trinajstić information content (AvgIpc) is 3.43. The predicted molar refractivity (Wildman–Crippen MR) is 110 cm³/mol. The van der Waals surface area contributed by atoms with Gasteiger partial charge >= 0.3 is 0 Å². The molecule has 0 spiro atoms. The van der Waals surface area contributed by atoms with Crippen molar-refractivity contribution in [3.63, 3.8) is 0 Å². The van der Waals surface area contributed by atoms with Gasteiger partial charge in [-0.25, -0.2) is 4.98 Å². The van der Waals surface area contributed by atoms with Crippen LogP contribution in [0, 0.1) is 5.92 Å². The van der Waals surface area contributed by atoms with Crippen molar-refractivity contribution in [2.45, 2.75) is 25.9 Å². The smallest absolute Gasteiger partial charge is 0.275 e. The summed E-state index contributed by atoms with van der Waals surface area (Å²) >= 11 is 0. The summed E-state index contributed by atoms with van der Waals surface area (Å²) in [6.45, 7) is 5.68. The van der Waals surface area contributed by atoms with Crippen LogP contribution < -0.4 is 4.74 Å². The van der Waals surface area contributed by atoms with E-state index >= 15 is 0 Å². The molecule has 0 radical (unpaired) electrons. The Hall–Kier alpha value is -2.38. The van der Waals surface area contributed by atoms with Crippen molar-refractivity contribution < 1.29 is 13.9 Å². The van der Waals surface area contributed by atoms with Gasteiger partial charge in [-0.1, -0.05) is 12.1 Å². The number of oxazole rings is 1. The first-order valence-electron chi connectivity index (χ1n) is 10.4. The second-order valence-corrected chi connectivity index (χ2v) is 8.19. The molecule has 29 heavy (non-hydrogen) atoms. The molecule has 156 valence electrons. The summed E-state index contributed by atoms with van der Waals surface area (Å²) in [4.78, 5) is 23.7. The van der Waals surface area contributed by atoms with E-state index in [1.165, 1.54) is 24.7 Å². The van der Waals surface area contributed by atoms with E-state index in [9.17, 15) is 4.79 Å². The molecule has 0 N–H and O–H groups in total. The summed E-state index contributed by atoms with van der Waals surface area (Å²) in [5.74, 6) is 2.19. The molecule has 7 nitrogen and oxygen atoms in total. The Morgan fingerprint density at radius 3 is 2.76 bits per heavy atom. The van der Waals surface area contributed by atoms with Crippen molar-refractivity contribution in [2.24, 2.45) is 5.92 Å². The van der Waals surface area contributed by atoms with E-state index in [1.807, 2.05) is 17.0 Å². The fraction of sp³-hybridized carbons (Fsp3) is 0.545. The van der Waals surface area contributed by atoms with E-state index in [4.69, 9.17) is 9.15 Å². The predicted octanol–water partition coefficient (Wildman–Crippen LogP) is 2.48. The molecule has 1 aromatic heterocycles. The lowest BCUT2D eigenvalue weighted by Crippen LogP contribution is -2.47. The standard InChI is InChI=1S/C22H30N4O3/c1-24-8-10-26(11-9-24)22(27)20-16-29-21(23-20)15-25(13-17-6-7-17)14-18-4-3-5-19(12-18)28-2/h3-5,12,16-17H,6-11,13-15H2,1-2H3. The van der Waals surface area contributed by atoms with Gasteiger partial charge in [-0.05, 0) is 43.5 Å². The molecule has 1 aliphatic carbocycles. The minimum atomic E-state index is -0.0327. The normalized spacial score (nSPS) is 17.7. The number of ether oxygens (including phenoxy) is 1. The van der Waals surface area contributed by atoms with Crippen molar-refractivity contribution in [2.75, 3.05) is 46.9 Å². The Bertz CT molecular complexity index is 825. The molecule has 2 fully saturated rings. The van der Waals surface area contributed by atoms with E-state index < -0.39 is 0 Å². The van der Waals surface area contributed by atoms with Crippen LogP contribution in [0.4, 0.5) is 0 Å². The van der Waals surface area contributed by atoms with Crippen LogP contribution in [0.1, 0.15) is 34.8 Å². The van der Waals surface area contributed by atoms with Crippen molar-refractivity contribution in [1.29, 1.82) is 0 Å². The van der Waals surface area contributed by atoms with Crippen LogP contribution in [0.15, 0.2) is 34.9 Å². The van der Waals surface area contributed by atoms with E-state index in [1.54, 1.807) is 7.11 Å². The maximum atomic E-state index is 12.7. The van der Waals surface area contributed by atoms with E-state index in [2.05, 4.69) is 34.0 Å². The fourth-order valence-electron chi connectivity index (χ4n) is 3.72. The summed E-state index contributed by atoms with van der Waals surface area (Å²) in [6, 6.07) is 8.15. The molecular formula is C22H30N4O3. The summed E-state index contributed by atoms with van der Waals surface area (Å²) < 4.78 is 11.0. The zero-order chi connectivity index (χ0) is 20.2. The van der Waals surface area contributed by atoms with Crippen molar-refractivity contribution >= 4 is 5.91 Å². The second kappa shape index (κ2) is 8.97. The minimum Gasteiger partial charge on any atom is -0.497 e. The highest BCUT2D eigenvalue weighted by Gasteiger charge is 2.27. The number of aromatic nitrogens is 1. The van der Waals surface area contributed by atoms with Gasteiger partial charge in [0.25, 0.3) is 5.91 Å². The van der Waals surface area contributed by atoms with Gasteiger partial charge in [0, 0.05) is 39.3 Å². The number of amides is 1. The summed E-state index contributed by atoms with van der Waals surface area (Å²) in [5.41, 5.74) is 1.61. The minimum absolute atomic E-state index is 0.0327. The SMILES string of the molecule is COc1cccc(CN(Cc2nc(C(=O)N3CCN(C)CC3)co2)CC2CC2)c1. The Balaban J connectivity index is 1.40. The van der Waals surface area contributed by atoms with Gasteiger partial charge in [-0.15, -0.1) is 0 Å². The molecule has 0 atom stereocenters. The molecule has 7 heteroatoms. The first-order valence-corrected chi connectivity index (χ1v) is 10.4. The van der Waals surface area contributed by atoms with E-state index in [0.29, 0.717) is 18.1 Å². The third-order valence-electron chi connectivity index (χ3n) is 5.67. The third kappa shape index (κ3) is 5.36. The number of hydrogen-bond donors (Lipinski definition) is 0. The van der Waals surface area contributed by atoms with Crippen LogP contribution in [-0.2, 0) is 13.1 Å². The molecule has 1 saturated heterocycles. The number of methoxy groups -OCH3 is 1. The zero-order valence-corrected chi connectivity index (χ0v) is 17.3. The van der Waals surface area contributed by atoms with Gasteiger partial charge in [0.15, 0.2) is 5.69 Å². The quantitative estimate of drug-likeness (QED) is 0.681. The highest BCUT2D eigenvalue weighted by Crippen LogP contribution is 2.31. The van der Waals surface area contributed by atoms with Crippen LogP contribution >= 0.6 is 0 Å². The summed E-state index contributed by atoms with van der Waals surface area (Å²) in [7, 11) is 3.76. The van der Waals surface area contributed by atoms with Gasteiger partial charge in [0.2, 0.25) is 5.89 Å². The van der Waals surface area contributed by atoms with Gasteiger partial charge in [0.1, 0.15) is 12.0 Å². The lowest BCUT2D eigenvalue weighted by atomic mass is 10.2. The van der Waals surface area contributed by atoms with Gasteiger partial charge < -0.3 is 19.0 Å². The first-order chi connectivity index (χ1) is 14.1. The molecule has 4 rings (SSSR count). The van der Waals surface area contributed by atoms with Crippen LogP contribution in [0.5, 0.6) is 5.75 Å². The van der Waals surface area contributed by atoms with Gasteiger partial charge in [-0.2, -0.15) is 0 Å². The van der Waals surface area contributed by atoms with Crippen LogP contribution in [0.2, 0.25) is 0 Å². The molecule has 2 aromatic rings. The highest BCUT2D eigenvalue weighted by molar-refractivity contribution is 5.92. The zero-order valence-electron chi connectivity index (χ0n) is 17.3. The van der Waals surface area contributed by atoms with Crippen molar-refractivity contribution in [3.05, 3.63) is 47.7 Å². The topological polar surface area (TPSA) is 62.1 Å². The highest BCUT2D eigenvalue weighted by atomic mass is 16.5. The van der Waals surface area contributed by atoms with E-state index in [-0.39, 0.29) is 5.91 Å². The molecule has 0 bridgehead atoms. The Morgan fingerprint density at radius 1 is 1.24 bits per heavy atom. The monoisotopic (exact) mass is 398 g/mol. The number of carbonyl (C=O) groups excluding carboxylic acids is 1. The molecule has 2 aliphatic rings. The largest absolute Gasteiger partial charge is 0.497 e. The van der Waals surface area contributed by atoms with Crippen molar-refractivity contribution in [3.8, 4) is 5.75 Å². The molecule has 2 heterocycles. The molecular weight excluding hydrogens is 368 g/mol. The second-order valence-electron chi connectivity index (χ2n) is 8.19. The van der Waals surface area contributed by atoms with Crippen LogP contribution in [-0.4, -0.2) is 72.5 Å². The molecule has 1 amide bonds. The molecule has 1 aliphatic heterocycles. The number of nitrogens with zero attached hydrogens (tertiary/aromatic N) is 4. The molecule has 1 aromatic carbocycles. The fourth-order valence-corrected chi connectivity index (χ4v) is 3.72. The number of rotatable bonds is 8.